The zero-order valence-electron chi connectivity index (χ0n) is 15.4. The molecule has 0 bridgehead atoms. The molecule has 0 saturated carbocycles. The van der Waals surface area contributed by atoms with E-state index in [0.717, 1.165) is 38.4 Å². The Balaban J connectivity index is 1.39. The zero-order valence-corrected chi connectivity index (χ0v) is 16.9. The predicted molar refractivity (Wildman–Crippen MR) is 113 cm³/mol. The van der Waals surface area contributed by atoms with Gasteiger partial charge in [-0.1, -0.05) is 41.4 Å². The van der Waals surface area contributed by atoms with Crippen molar-refractivity contribution >= 4 is 34.8 Å². The average Bonchev–Trinajstić information content (AvgIpc) is 2.71. The number of nitrogens with one attached hydrogen (secondary N) is 1. The minimum absolute atomic E-state index is 0.211. The summed E-state index contributed by atoms with van der Waals surface area (Å²) < 4.78 is 12.9. The molecule has 0 aliphatic carbocycles. The molecule has 1 N–H and O–H groups in total. The third-order valence-electron chi connectivity index (χ3n) is 4.66. The van der Waals surface area contributed by atoms with Crippen molar-refractivity contribution in [3.05, 3.63) is 76.0 Å². The van der Waals surface area contributed by atoms with Crippen LogP contribution in [0.5, 0.6) is 0 Å². The molecule has 1 amide bonds. The van der Waals surface area contributed by atoms with Gasteiger partial charge in [0.25, 0.3) is 5.91 Å². The molecule has 148 valence electrons. The van der Waals surface area contributed by atoms with Gasteiger partial charge in [0.2, 0.25) is 0 Å². The van der Waals surface area contributed by atoms with Crippen LogP contribution in [0.25, 0.3) is 0 Å². The van der Waals surface area contributed by atoms with Gasteiger partial charge in [-0.25, -0.2) is 4.39 Å². The van der Waals surface area contributed by atoms with E-state index in [-0.39, 0.29) is 11.7 Å². The summed E-state index contributed by atoms with van der Waals surface area (Å²) in [4.78, 5) is 16.5. The molecule has 0 aromatic heterocycles. The summed E-state index contributed by atoms with van der Waals surface area (Å²) >= 11 is 12.4. The highest BCUT2D eigenvalue weighted by molar-refractivity contribution is 6.43. The third-order valence-corrected chi connectivity index (χ3v) is 5.47. The first kappa shape index (κ1) is 20.6. The van der Waals surface area contributed by atoms with Gasteiger partial charge in [0.05, 0.1) is 15.7 Å². The lowest BCUT2D eigenvalue weighted by Gasteiger charge is -2.36. The van der Waals surface area contributed by atoms with Crippen LogP contribution in [0.1, 0.15) is 10.4 Å². The van der Waals surface area contributed by atoms with Gasteiger partial charge in [-0.05, 0) is 36.4 Å². The van der Waals surface area contributed by atoms with Crippen molar-refractivity contribution in [1.82, 2.24) is 10.2 Å². The number of hydrogen-bond donors (Lipinski definition) is 1. The molecule has 1 aliphatic rings. The molecule has 7 heteroatoms. The normalized spacial score (nSPS) is 15.2. The molecule has 0 spiro atoms. The van der Waals surface area contributed by atoms with Crippen LogP contribution in [-0.4, -0.2) is 50.1 Å². The lowest BCUT2D eigenvalue weighted by molar-refractivity contribution is 0.0958. The van der Waals surface area contributed by atoms with Gasteiger partial charge in [-0.15, -0.1) is 0 Å². The molecule has 28 heavy (non-hydrogen) atoms. The lowest BCUT2D eigenvalue weighted by Crippen LogP contribution is -2.46. The van der Waals surface area contributed by atoms with E-state index in [1.54, 1.807) is 6.07 Å². The number of carbonyl (C=O) groups is 1. The van der Waals surface area contributed by atoms with Gasteiger partial charge in [0.15, 0.2) is 0 Å². The molecule has 2 aromatic carbocycles. The van der Waals surface area contributed by atoms with E-state index in [1.807, 2.05) is 24.3 Å². The summed E-state index contributed by atoms with van der Waals surface area (Å²) in [7, 11) is 0. The highest BCUT2D eigenvalue weighted by Crippen LogP contribution is 2.32. The number of amides is 1. The number of anilines is 1. The topological polar surface area (TPSA) is 35.6 Å². The van der Waals surface area contributed by atoms with E-state index in [1.165, 1.54) is 24.3 Å². The number of piperazine rings is 1. The van der Waals surface area contributed by atoms with Crippen molar-refractivity contribution in [2.75, 3.05) is 44.2 Å². The van der Waals surface area contributed by atoms with Crippen molar-refractivity contribution in [3.8, 4) is 0 Å². The van der Waals surface area contributed by atoms with E-state index in [0.29, 0.717) is 22.2 Å². The van der Waals surface area contributed by atoms with Gasteiger partial charge in [-0.3, -0.25) is 9.69 Å². The van der Waals surface area contributed by atoms with E-state index < -0.39 is 0 Å². The Morgan fingerprint density at radius 3 is 2.46 bits per heavy atom. The molecule has 1 saturated heterocycles. The SMILES string of the molecule is O=C(NC/C=C/CN1CCN(c2cccc(Cl)c2Cl)CC1)c1ccc(F)cc1. The smallest absolute Gasteiger partial charge is 0.251 e. The summed E-state index contributed by atoms with van der Waals surface area (Å²) in [5.74, 6) is -0.564. The highest BCUT2D eigenvalue weighted by atomic mass is 35.5. The summed E-state index contributed by atoms with van der Waals surface area (Å²) in [5, 5.41) is 3.98. The molecular weight excluding hydrogens is 400 g/mol. The lowest BCUT2D eigenvalue weighted by atomic mass is 10.2. The monoisotopic (exact) mass is 421 g/mol. The zero-order chi connectivity index (χ0) is 19.9. The van der Waals surface area contributed by atoms with Gasteiger partial charge in [0.1, 0.15) is 5.82 Å². The van der Waals surface area contributed by atoms with Crippen molar-refractivity contribution in [2.45, 2.75) is 0 Å². The summed E-state index contributed by atoms with van der Waals surface area (Å²) in [6.45, 7) is 4.88. The fourth-order valence-electron chi connectivity index (χ4n) is 3.07. The second kappa shape index (κ2) is 9.92. The van der Waals surface area contributed by atoms with Crippen LogP contribution in [0.3, 0.4) is 0 Å². The molecule has 4 nitrogen and oxygen atoms in total. The third kappa shape index (κ3) is 5.47. The molecule has 0 unspecified atom stereocenters. The molecule has 1 fully saturated rings. The Bertz CT molecular complexity index is 834. The van der Waals surface area contributed by atoms with Crippen molar-refractivity contribution in [2.24, 2.45) is 0 Å². The van der Waals surface area contributed by atoms with Crippen LogP contribution < -0.4 is 10.2 Å². The Kier molecular flexibility index (Phi) is 7.31. The van der Waals surface area contributed by atoms with E-state index in [9.17, 15) is 9.18 Å². The fraction of sp³-hybridized carbons (Fsp3) is 0.286. The summed E-state index contributed by atoms with van der Waals surface area (Å²) in [5.41, 5.74) is 1.43. The predicted octanol–water partition coefficient (Wildman–Crippen LogP) is 4.24. The first-order chi connectivity index (χ1) is 13.5. The maximum Gasteiger partial charge on any atom is 0.251 e. The van der Waals surface area contributed by atoms with Crippen molar-refractivity contribution < 1.29 is 9.18 Å². The van der Waals surface area contributed by atoms with Gasteiger partial charge < -0.3 is 10.2 Å². The number of carbonyl (C=O) groups excluding carboxylic acids is 1. The van der Waals surface area contributed by atoms with E-state index in [4.69, 9.17) is 23.2 Å². The molecule has 1 aliphatic heterocycles. The van der Waals surface area contributed by atoms with Crippen LogP contribution in [0.15, 0.2) is 54.6 Å². The Morgan fingerprint density at radius 1 is 1.04 bits per heavy atom. The first-order valence-electron chi connectivity index (χ1n) is 9.14. The van der Waals surface area contributed by atoms with Crippen LogP contribution in [0, 0.1) is 5.82 Å². The number of benzene rings is 2. The standard InChI is InChI=1S/C21H22Cl2FN3O/c22-18-4-3-5-19(20(18)23)27-14-12-26(13-15-27)11-2-1-10-25-21(28)16-6-8-17(24)9-7-16/h1-9H,10-15H2,(H,25,28)/b2-1+. The molecular formula is C21H22Cl2FN3O. The minimum atomic E-state index is -0.353. The minimum Gasteiger partial charge on any atom is -0.368 e. The van der Waals surface area contributed by atoms with Gasteiger partial charge in [-0.2, -0.15) is 0 Å². The largest absolute Gasteiger partial charge is 0.368 e. The number of halogens is 3. The summed E-state index contributed by atoms with van der Waals surface area (Å²) in [6.07, 6.45) is 3.98. The van der Waals surface area contributed by atoms with Crippen LogP contribution in [-0.2, 0) is 0 Å². The molecule has 3 rings (SSSR count). The maximum atomic E-state index is 12.9. The Hall–Kier alpha value is -2.08. The molecule has 2 aromatic rings. The fourth-order valence-corrected chi connectivity index (χ4v) is 3.48. The quantitative estimate of drug-likeness (QED) is 0.708. The number of hydrogen-bond acceptors (Lipinski definition) is 3. The van der Waals surface area contributed by atoms with Gasteiger partial charge >= 0.3 is 0 Å². The molecule has 1 heterocycles. The van der Waals surface area contributed by atoms with Crippen molar-refractivity contribution in [1.29, 1.82) is 0 Å². The Morgan fingerprint density at radius 2 is 1.75 bits per heavy atom. The second-order valence-corrected chi connectivity index (χ2v) is 7.33. The molecule has 0 radical (unpaired) electrons. The average molecular weight is 422 g/mol. The van der Waals surface area contributed by atoms with Gasteiger partial charge in [0, 0.05) is 44.8 Å². The summed E-state index contributed by atoms with van der Waals surface area (Å²) in [6, 6.07) is 11.2. The van der Waals surface area contributed by atoms with Crippen LogP contribution in [0.4, 0.5) is 10.1 Å². The number of rotatable bonds is 6. The maximum absolute atomic E-state index is 12.9. The van der Waals surface area contributed by atoms with E-state index >= 15 is 0 Å². The molecule has 0 atom stereocenters. The van der Waals surface area contributed by atoms with E-state index in [2.05, 4.69) is 15.1 Å². The Labute approximate surface area is 174 Å². The van der Waals surface area contributed by atoms with Crippen molar-refractivity contribution in [3.63, 3.8) is 0 Å². The number of nitrogens with zero attached hydrogens (tertiary/aromatic N) is 2. The second-order valence-electron chi connectivity index (χ2n) is 6.55. The first-order valence-corrected chi connectivity index (χ1v) is 9.90. The van der Waals surface area contributed by atoms with Crippen LogP contribution >= 0.6 is 23.2 Å². The van der Waals surface area contributed by atoms with Crippen LogP contribution in [0.2, 0.25) is 10.0 Å². The highest BCUT2D eigenvalue weighted by Gasteiger charge is 2.18.